The van der Waals surface area contributed by atoms with Crippen LogP contribution in [0.25, 0.3) is 22.8 Å². The number of aromatic amines is 1. The summed E-state index contributed by atoms with van der Waals surface area (Å²) in [5, 5.41) is 2.98. The largest absolute Gasteiger partial charge is 0.378 e. The number of carbonyl (C=O) groups is 3. The molecule has 7 heteroatoms. The second kappa shape index (κ2) is 9.54. The first-order chi connectivity index (χ1) is 18.9. The van der Waals surface area contributed by atoms with E-state index in [1.165, 1.54) is 0 Å². The fraction of sp³-hybridized carbons (Fsp3) is 0.0625. The SMILES string of the molecule is CN(C)c1ccc(/C=C(\NC(=O)c2ccccc2)c2nc3c4c(ccc3[nH]2)C(=O)c2ccccc2C4=O)cc1. The topological polar surface area (TPSA) is 95.2 Å². The summed E-state index contributed by atoms with van der Waals surface area (Å²) in [6.45, 7) is 0. The van der Waals surface area contributed by atoms with Crippen LogP contribution in [-0.2, 0) is 0 Å². The van der Waals surface area contributed by atoms with Crippen LogP contribution in [0.3, 0.4) is 0 Å². The Morgan fingerprint density at radius 2 is 1.46 bits per heavy atom. The Morgan fingerprint density at radius 1 is 0.795 bits per heavy atom. The van der Waals surface area contributed by atoms with Gasteiger partial charge in [-0.3, -0.25) is 14.4 Å². The van der Waals surface area contributed by atoms with Gasteiger partial charge in [-0.2, -0.15) is 0 Å². The molecule has 1 aromatic heterocycles. The Labute approximate surface area is 224 Å². The molecule has 7 nitrogen and oxygen atoms in total. The van der Waals surface area contributed by atoms with Crippen LogP contribution < -0.4 is 10.2 Å². The zero-order valence-electron chi connectivity index (χ0n) is 21.4. The molecule has 1 aliphatic carbocycles. The molecule has 1 heterocycles. The number of aromatic nitrogens is 2. The number of fused-ring (bicyclic) bond motifs is 4. The monoisotopic (exact) mass is 512 g/mol. The fourth-order valence-electron chi connectivity index (χ4n) is 4.76. The molecule has 1 aliphatic rings. The van der Waals surface area contributed by atoms with Crippen LogP contribution in [0.15, 0.2) is 91.0 Å². The average Bonchev–Trinajstić information content (AvgIpc) is 3.40. The lowest BCUT2D eigenvalue weighted by atomic mass is 9.83. The van der Waals surface area contributed by atoms with Gasteiger partial charge in [-0.1, -0.05) is 54.6 Å². The van der Waals surface area contributed by atoms with Crippen molar-refractivity contribution < 1.29 is 14.4 Å². The molecule has 1 amide bonds. The van der Waals surface area contributed by atoms with Gasteiger partial charge in [0.25, 0.3) is 5.91 Å². The highest BCUT2D eigenvalue weighted by atomic mass is 16.2. The Kier molecular flexibility index (Phi) is 5.88. The number of ketones is 2. The van der Waals surface area contributed by atoms with Crippen molar-refractivity contribution in [3.63, 3.8) is 0 Å². The quantitative estimate of drug-likeness (QED) is 0.326. The van der Waals surface area contributed by atoms with Gasteiger partial charge in [-0.25, -0.2) is 4.98 Å². The molecule has 6 rings (SSSR count). The Balaban J connectivity index is 1.47. The Hall–Kier alpha value is -5.30. The first-order valence-corrected chi connectivity index (χ1v) is 12.5. The van der Waals surface area contributed by atoms with E-state index in [0.717, 1.165) is 11.3 Å². The number of hydrogen-bond donors (Lipinski definition) is 2. The summed E-state index contributed by atoms with van der Waals surface area (Å²) in [4.78, 5) is 49.8. The molecule has 4 aromatic carbocycles. The van der Waals surface area contributed by atoms with Crippen molar-refractivity contribution in [3.05, 3.63) is 130 Å². The highest BCUT2D eigenvalue weighted by molar-refractivity contribution is 6.31. The number of nitrogens with zero attached hydrogens (tertiary/aromatic N) is 2. The van der Waals surface area contributed by atoms with Crippen LogP contribution in [0.1, 0.15) is 53.6 Å². The molecule has 0 unspecified atom stereocenters. The predicted molar refractivity (Wildman–Crippen MR) is 152 cm³/mol. The molecule has 39 heavy (non-hydrogen) atoms. The smallest absolute Gasteiger partial charge is 0.255 e. The van der Waals surface area contributed by atoms with Crippen LogP contribution in [0, 0.1) is 0 Å². The summed E-state index contributed by atoms with van der Waals surface area (Å²) in [6.07, 6.45) is 1.83. The van der Waals surface area contributed by atoms with E-state index in [4.69, 9.17) is 4.98 Å². The van der Waals surface area contributed by atoms with Crippen molar-refractivity contribution in [2.24, 2.45) is 0 Å². The summed E-state index contributed by atoms with van der Waals surface area (Å²) in [5.74, 6) is -0.379. The van der Waals surface area contributed by atoms with E-state index in [2.05, 4.69) is 10.3 Å². The minimum Gasteiger partial charge on any atom is -0.378 e. The van der Waals surface area contributed by atoms with Gasteiger partial charge in [0.15, 0.2) is 17.4 Å². The van der Waals surface area contributed by atoms with E-state index >= 15 is 0 Å². The molecule has 0 fully saturated rings. The molecular formula is C32H24N4O3. The number of carbonyl (C=O) groups excluding carboxylic acids is 3. The number of amides is 1. The molecule has 0 saturated carbocycles. The van der Waals surface area contributed by atoms with Crippen LogP contribution >= 0.6 is 0 Å². The summed E-state index contributed by atoms with van der Waals surface area (Å²) in [5.41, 5.74) is 5.14. The molecular weight excluding hydrogens is 488 g/mol. The van der Waals surface area contributed by atoms with E-state index < -0.39 is 0 Å². The second-order valence-corrected chi connectivity index (χ2v) is 9.54. The lowest BCUT2D eigenvalue weighted by molar-refractivity contribution is 0.0972. The molecule has 2 N–H and O–H groups in total. The Bertz CT molecular complexity index is 1800. The van der Waals surface area contributed by atoms with E-state index in [0.29, 0.717) is 44.8 Å². The summed E-state index contributed by atoms with van der Waals surface area (Å²) < 4.78 is 0. The van der Waals surface area contributed by atoms with Crippen LogP contribution in [-0.4, -0.2) is 41.5 Å². The standard InChI is InChI=1S/C32H24N4O3/c1-36(2)21-14-12-19(13-15-21)18-26(34-32(39)20-8-4-3-5-9-20)31-33-25-17-16-24-27(28(25)35-31)30(38)23-11-7-6-10-22(23)29(24)37/h3-18H,1-2H3,(H,33,35)(H,34,39)/b26-18-. The van der Waals surface area contributed by atoms with Crippen LogP contribution in [0.4, 0.5) is 5.69 Å². The number of anilines is 1. The van der Waals surface area contributed by atoms with Crippen molar-refractivity contribution in [1.82, 2.24) is 15.3 Å². The third-order valence-electron chi connectivity index (χ3n) is 6.80. The molecule has 0 atom stereocenters. The maximum absolute atomic E-state index is 13.5. The van der Waals surface area contributed by atoms with E-state index in [1.807, 2.05) is 55.4 Å². The van der Waals surface area contributed by atoms with Crippen molar-refractivity contribution in [2.45, 2.75) is 0 Å². The molecule has 0 saturated heterocycles. The third kappa shape index (κ3) is 4.30. The number of benzene rings is 4. The van der Waals surface area contributed by atoms with Gasteiger partial charge in [0.05, 0.1) is 16.8 Å². The molecule has 0 radical (unpaired) electrons. The maximum Gasteiger partial charge on any atom is 0.255 e. The second-order valence-electron chi connectivity index (χ2n) is 9.54. The summed E-state index contributed by atoms with van der Waals surface area (Å²) >= 11 is 0. The van der Waals surface area contributed by atoms with Crippen LogP contribution in [0.2, 0.25) is 0 Å². The van der Waals surface area contributed by atoms with Gasteiger partial charge in [0.2, 0.25) is 0 Å². The highest BCUT2D eigenvalue weighted by Gasteiger charge is 2.32. The highest BCUT2D eigenvalue weighted by Crippen LogP contribution is 2.32. The van der Waals surface area contributed by atoms with Crippen molar-refractivity contribution in [2.75, 3.05) is 19.0 Å². The molecule has 0 spiro atoms. The number of H-pyrrole nitrogens is 1. The van der Waals surface area contributed by atoms with Crippen molar-refractivity contribution >= 4 is 46.0 Å². The number of hydrogen-bond acceptors (Lipinski definition) is 5. The van der Waals surface area contributed by atoms with E-state index in [1.54, 1.807) is 60.7 Å². The summed E-state index contributed by atoms with van der Waals surface area (Å²) in [6, 6.07) is 27.0. The summed E-state index contributed by atoms with van der Waals surface area (Å²) in [7, 11) is 3.94. The Morgan fingerprint density at radius 3 is 2.15 bits per heavy atom. The van der Waals surface area contributed by atoms with E-state index in [9.17, 15) is 14.4 Å². The number of imidazole rings is 1. The lowest BCUT2D eigenvalue weighted by Gasteiger charge is -2.17. The zero-order chi connectivity index (χ0) is 27.1. The average molecular weight is 513 g/mol. The van der Waals surface area contributed by atoms with Crippen molar-refractivity contribution in [1.29, 1.82) is 0 Å². The number of nitrogens with one attached hydrogen (secondary N) is 2. The lowest BCUT2D eigenvalue weighted by Crippen LogP contribution is -2.22. The minimum absolute atomic E-state index is 0.208. The fourth-order valence-corrected chi connectivity index (χ4v) is 4.76. The molecule has 0 bridgehead atoms. The first-order valence-electron chi connectivity index (χ1n) is 12.5. The van der Waals surface area contributed by atoms with Crippen molar-refractivity contribution in [3.8, 4) is 0 Å². The van der Waals surface area contributed by atoms with Gasteiger partial charge in [-0.15, -0.1) is 0 Å². The maximum atomic E-state index is 13.5. The third-order valence-corrected chi connectivity index (χ3v) is 6.80. The zero-order valence-corrected chi connectivity index (χ0v) is 21.4. The first kappa shape index (κ1) is 24.1. The predicted octanol–water partition coefficient (Wildman–Crippen LogP) is 5.33. The van der Waals surface area contributed by atoms with Gasteiger partial charge in [0, 0.05) is 42.0 Å². The van der Waals surface area contributed by atoms with Gasteiger partial charge >= 0.3 is 0 Å². The molecule has 0 aliphatic heterocycles. The van der Waals surface area contributed by atoms with Gasteiger partial charge < -0.3 is 15.2 Å². The van der Waals surface area contributed by atoms with Crippen LogP contribution in [0.5, 0.6) is 0 Å². The number of rotatable bonds is 5. The van der Waals surface area contributed by atoms with E-state index in [-0.39, 0.29) is 23.0 Å². The normalized spacial score (nSPS) is 12.7. The minimum atomic E-state index is -0.297. The molecule has 190 valence electrons. The van der Waals surface area contributed by atoms with Gasteiger partial charge in [0.1, 0.15) is 5.52 Å². The van der Waals surface area contributed by atoms with Gasteiger partial charge in [-0.05, 0) is 48.0 Å². The molecule has 5 aromatic rings.